The fourth-order valence-electron chi connectivity index (χ4n) is 7.73. The second kappa shape index (κ2) is 29.2. The van der Waals surface area contributed by atoms with E-state index in [1.807, 2.05) is 58.0 Å². The van der Waals surface area contributed by atoms with Gasteiger partial charge in [-0.2, -0.15) is 5.11 Å². The Morgan fingerprint density at radius 3 is 2.19 bits per heavy atom. The van der Waals surface area contributed by atoms with E-state index in [1.165, 1.54) is 41.1 Å². The zero-order valence-electron chi connectivity index (χ0n) is 42.2. The average molecular weight is 1040 g/mol. The van der Waals surface area contributed by atoms with Crippen molar-refractivity contribution < 1.29 is 47.9 Å². The number of carbonyl (C=O) groups excluding carboxylic acids is 9. The third kappa shape index (κ3) is 18.0. The summed E-state index contributed by atoms with van der Waals surface area (Å²) in [4.78, 5) is 132. The number of aromatic nitrogens is 1. The van der Waals surface area contributed by atoms with Crippen LogP contribution in [-0.4, -0.2) is 142 Å². The van der Waals surface area contributed by atoms with Crippen LogP contribution >= 0.6 is 23.1 Å². The molecule has 5 N–H and O–H groups in total. The number of thiazole rings is 1. The second-order valence-corrected chi connectivity index (χ2v) is 20.1. The van der Waals surface area contributed by atoms with Gasteiger partial charge in [-0.25, -0.2) is 9.98 Å². The van der Waals surface area contributed by atoms with Crippen LogP contribution in [-0.2, 0) is 43.1 Å². The van der Waals surface area contributed by atoms with Crippen molar-refractivity contribution in [2.45, 2.75) is 134 Å². The second-order valence-electron chi connectivity index (χ2n) is 18.1. The van der Waals surface area contributed by atoms with E-state index in [0.29, 0.717) is 30.0 Å². The minimum atomic E-state index is -1.20. The Balaban J connectivity index is 1.47. The molecule has 0 spiro atoms. The van der Waals surface area contributed by atoms with Crippen LogP contribution in [0.5, 0.6) is 0 Å². The van der Waals surface area contributed by atoms with Crippen LogP contribution in [0.25, 0.3) is 0 Å². The van der Waals surface area contributed by atoms with Crippen molar-refractivity contribution in [1.29, 1.82) is 0 Å². The molecule has 8 amide bonds. The first-order valence-corrected chi connectivity index (χ1v) is 26.2. The first-order chi connectivity index (χ1) is 34.3. The van der Waals surface area contributed by atoms with Gasteiger partial charge in [0.05, 0.1) is 25.3 Å². The Morgan fingerprint density at radius 2 is 1.57 bits per heavy atom. The van der Waals surface area contributed by atoms with Gasteiger partial charge in [0, 0.05) is 74.0 Å². The first-order valence-electron chi connectivity index (χ1n) is 24.3. The molecule has 0 unspecified atom stereocenters. The summed E-state index contributed by atoms with van der Waals surface area (Å²) in [5.74, 6) is 1.09. The molecule has 3 heterocycles. The number of esters is 1. The number of benzene rings is 1. The van der Waals surface area contributed by atoms with Gasteiger partial charge in [-0.3, -0.25) is 48.1 Å². The van der Waals surface area contributed by atoms with Gasteiger partial charge < -0.3 is 36.3 Å². The molecule has 0 bridgehead atoms. The number of nitrogens with one attached hydrogen (secondary N) is 3. The van der Waals surface area contributed by atoms with Gasteiger partial charge in [0.2, 0.25) is 23.6 Å². The van der Waals surface area contributed by atoms with Gasteiger partial charge >= 0.3 is 5.97 Å². The highest BCUT2D eigenvalue weighted by molar-refractivity contribution is 7.99. The van der Waals surface area contributed by atoms with E-state index < -0.39 is 65.6 Å². The molecule has 23 heteroatoms. The number of nitrogens with two attached hydrogens (primary N) is 1. The minimum Gasteiger partial charge on any atom is -0.455 e. The number of ether oxygens (including phenoxy) is 1. The van der Waals surface area contributed by atoms with Crippen molar-refractivity contribution in [3.05, 3.63) is 58.6 Å². The predicted molar refractivity (Wildman–Crippen MR) is 271 cm³/mol. The number of imide groups is 1. The van der Waals surface area contributed by atoms with Gasteiger partial charge in [0.25, 0.3) is 23.6 Å². The number of hydrogen-bond acceptors (Lipinski definition) is 15. The van der Waals surface area contributed by atoms with Crippen molar-refractivity contribution in [2.75, 3.05) is 39.0 Å². The van der Waals surface area contributed by atoms with E-state index in [4.69, 9.17) is 10.6 Å². The molecule has 392 valence electrons. The van der Waals surface area contributed by atoms with Crippen molar-refractivity contribution in [3.8, 4) is 0 Å². The number of thioether (sulfide) groups is 1. The number of hydrogen-bond donors (Lipinski definition) is 4. The topological polar surface area (TPSA) is 285 Å². The molecule has 0 saturated carbocycles. The minimum absolute atomic E-state index is 0.00822. The van der Waals surface area contributed by atoms with Gasteiger partial charge in [-0.15, -0.1) is 23.1 Å². The molecule has 2 aliphatic heterocycles. The Bertz CT molecular complexity index is 2300. The zero-order chi connectivity index (χ0) is 52.9. The summed E-state index contributed by atoms with van der Waals surface area (Å²) >= 11 is 2.41. The molecule has 2 aliphatic rings. The van der Waals surface area contributed by atoms with Crippen LogP contribution in [0.4, 0.5) is 0 Å². The summed E-state index contributed by atoms with van der Waals surface area (Å²) in [6.45, 7) is 11.6. The lowest BCUT2D eigenvalue weighted by Crippen LogP contribution is -2.56. The summed E-state index contributed by atoms with van der Waals surface area (Å²) < 4.78 is 5.75. The monoisotopic (exact) mass is 1040 g/mol. The number of nitrogens with zero attached hydrogens (tertiary/aromatic N) is 7. The summed E-state index contributed by atoms with van der Waals surface area (Å²) in [5.41, 5.74) is 0.407. The van der Waals surface area contributed by atoms with Crippen LogP contribution in [0.15, 0.2) is 68.1 Å². The van der Waals surface area contributed by atoms with Crippen molar-refractivity contribution >= 4 is 82.0 Å². The lowest BCUT2D eigenvalue weighted by atomic mass is 9.95. The average Bonchev–Trinajstić information content (AvgIpc) is 3.96. The molecule has 1 fully saturated rings. The predicted octanol–water partition coefficient (Wildman–Crippen LogP) is 4.34. The Hall–Kier alpha value is -6.36. The highest BCUT2D eigenvalue weighted by Gasteiger charge is 2.34. The van der Waals surface area contributed by atoms with Gasteiger partial charge in [0.15, 0.2) is 6.10 Å². The van der Waals surface area contributed by atoms with Crippen molar-refractivity contribution in [2.24, 2.45) is 33.0 Å². The fraction of sp³-hybridized carbons (Fsp3) is 0.571. The third-order valence-electron chi connectivity index (χ3n) is 12.2. The Kier molecular flexibility index (Phi) is 23.6. The Morgan fingerprint density at radius 1 is 0.903 bits per heavy atom. The number of likely N-dealkylation sites (tertiary alicyclic amines) is 1. The van der Waals surface area contributed by atoms with E-state index in [1.54, 1.807) is 18.9 Å². The zero-order valence-corrected chi connectivity index (χ0v) is 43.8. The van der Waals surface area contributed by atoms with Gasteiger partial charge in [0.1, 0.15) is 28.8 Å². The standard InChI is InChI=1S/C49H69N11O10S2/c1-8-31(5)24-44(65)58(7)39(30(3)4)25-40(70-32(6)61)49-56-38(29-72-49)48(69)55-37(28-71-34-16-11-10-12-17-34)47(68)54-36(18-13-14-22-51-57-50)46(67)53-35(9-2)45(66)52-33-26-59(27-33)41(62)19-15-23-60-42(63)20-21-43(60)64/h10-12,16-17,20-21,29-31,35-37,39-40H,8-9,13-15,18-19,22-28H2,1-7H3,(H2,50,51)(H,53,67)(H,54,68)(H,55,69)/t31-,35-,36+,37-,39+,40+/m0/s1. The number of carbonyl (C=O) groups is 9. The fourth-order valence-corrected chi connectivity index (χ4v) is 9.52. The molecule has 2 aromatic rings. The number of rotatable bonds is 29. The summed E-state index contributed by atoms with van der Waals surface area (Å²) in [7, 11) is 1.74. The molecule has 6 atom stereocenters. The normalized spacial score (nSPS) is 15.9. The summed E-state index contributed by atoms with van der Waals surface area (Å²) in [5, 5.41) is 17.2. The third-order valence-corrected chi connectivity index (χ3v) is 14.3. The molecular weight excluding hydrogens is 967 g/mol. The van der Waals surface area contributed by atoms with Crippen LogP contribution < -0.4 is 21.8 Å². The number of unbranched alkanes of at least 4 members (excludes halogenated alkanes) is 1. The lowest BCUT2D eigenvalue weighted by molar-refractivity contribution is -0.148. The maximum Gasteiger partial charge on any atom is 0.303 e. The van der Waals surface area contributed by atoms with Crippen LogP contribution in [0.3, 0.4) is 0 Å². The molecule has 1 saturated heterocycles. The van der Waals surface area contributed by atoms with Crippen LogP contribution in [0.1, 0.15) is 121 Å². The van der Waals surface area contributed by atoms with Crippen LogP contribution in [0, 0.1) is 11.8 Å². The smallest absolute Gasteiger partial charge is 0.303 e. The largest absolute Gasteiger partial charge is 0.455 e. The highest BCUT2D eigenvalue weighted by atomic mass is 32.2. The molecular formula is C49H69N11O10S2. The number of amides is 8. The first kappa shape index (κ1) is 58.2. The van der Waals surface area contributed by atoms with E-state index in [2.05, 4.69) is 36.3 Å². The van der Waals surface area contributed by atoms with E-state index in [-0.39, 0.29) is 99.4 Å². The lowest BCUT2D eigenvalue weighted by Gasteiger charge is -2.34. The maximum atomic E-state index is 14.3. The summed E-state index contributed by atoms with van der Waals surface area (Å²) in [6, 6.07) is 5.47. The maximum absolute atomic E-state index is 14.3. The molecule has 21 nitrogen and oxygen atoms in total. The molecule has 1 aromatic heterocycles. The van der Waals surface area contributed by atoms with Crippen LogP contribution in [0.2, 0.25) is 0 Å². The SMILES string of the molecule is CC[C@H](C)CC(=O)N(C)[C@H](C[C@@H](OC(C)=O)c1nc(C(=O)N[C@@H](CSc2ccccc2)C(=O)N[C@H](CCCCN=NN)C(=O)N[C@@H](CC)C(=O)N=C2CN(C(=O)CCCN3C(=O)C=CC3=O)C2)cs1)C(C)C. The molecule has 0 aliphatic carbocycles. The molecule has 72 heavy (non-hydrogen) atoms. The number of aliphatic imine (C=N–C) groups is 1. The van der Waals surface area contributed by atoms with E-state index in [0.717, 1.165) is 27.6 Å². The van der Waals surface area contributed by atoms with Crippen molar-refractivity contribution in [3.63, 3.8) is 0 Å². The molecule has 0 radical (unpaired) electrons. The van der Waals surface area contributed by atoms with E-state index in [9.17, 15) is 43.2 Å². The quantitative estimate of drug-likeness (QED) is 0.0168. The highest BCUT2D eigenvalue weighted by Crippen LogP contribution is 2.31. The van der Waals surface area contributed by atoms with E-state index >= 15 is 0 Å². The van der Waals surface area contributed by atoms with Crippen molar-refractivity contribution in [1.82, 2.24) is 35.6 Å². The molecule has 1 aromatic carbocycles. The summed E-state index contributed by atoms with van der Waals surface area (Å²) in [6.07, 6.45) is 4.48. The Labute approximate surface area is 429 Å². The van der Waals surface area contributed by atoms with Gasteiger partial charge in [-0.1, -0.05) is 64.5 Å². The molecule has 4 rings (SSSR count). The van der Waals surface area contributed by atoms with Gasteiger partial charge in [-0.05, 0) is 56.1 Å².